The second-order valence-electron chi connectivity index (χ2n) is 7.42. The average Bonchev–Trinajstić information content (AvgIpc) is 3.20. The highest BCUT2D eigenvalue weighted by atomic mass is 16.2. The van der Waals surface area contributed by atoms with Gasteiger partial charge in [-0.15, -0.1) is 0 Å². The molecule has 1 aromatic rings. The van der Waals surface area contributed by atoms with Gasteiger partial charge in [0.2, 0.25) is 5.91 Å². The predicted octanol–water partition coefficient (Wildman–Crippen LogP) is 3.23. The van der Waals surface area contributed by atoms with E-state index in [1.54, 1.807) is 0 Å². The molecule has 120 valence electrons. The number of amides is 1. The van der Waals surface area contributed by atoms with Crippen molar-refractivity contribution >= 4 is 17.3 Å². The van der Waals surface area contributed by atoms with E-state index in [9.17, 15) is 9.59 Å². The summed E-state index contributed by atoms with van der Waals surface area (Å²) >= 11 is 0. The van der Waals surface area contributed by atoms with Crippen molar-refractivity contribution in [1.29, 1.82) is 0 Å². The number of rotatable bonds is 2. The maximum Gasteiger partial charge on any atom is 0.237 e. The highest BCUT2D eigenvalue weighted by Crippen LogP contribution is 2.57. The first kappa shape index (κ1) is 14.7. The number of ketones is 1. The van der Waals surface area contributed by atoms with Crippen molar-refractivity contribution in [3.63, 3.8) is 0 Å². The first-order valence-electron chi connectivity index (χ1n) is 8.62. The third kappa shape index (κ3) is 1.95. The Morgan fingerprint density at radius 3 is 2.74 bits per heavy atom. The van der Waals surface area contributed by atoms with Gasteiger partial charge in [-0.05, 0) is 48.3 Å². The molecule has 0 N–H and O–H groups in total. The van der Waals surface area contributed by atoms with Gasteiger partial charge in [-0.1, -0.05) is 37.3 Å². The van der Waals surface area contributed by atoms with Gasteiger partial charge in [-0.3, -0.25) is 9.59 Å². The van der Waals surface area contributed by atoms with Crippen molar-refractivity contribution < 1.29 is 9.59 Å². The molecule has 1 heterocycles. The molecular formula is C20H23NO2. The minimum absolute atomic E-state index is 0.0786. The molecule has 2 bridgehead atoms. The van der Waals surface area contributed by atoms with Crippen LogP contribution in [-0.4, -0.2) is 29.7 Å². The van der Waals surface area contributed by atoms with Crippen LogP contribution in [0.4, 0.5) is 0 Å². The second-order valence-corrected chi connectivity index (χ2v) is 7.42. The van der Waals surface area contributed by atoms with Gasteiger partial charge >= 0.3 is 0 Å². The molecule has 3 atom stereocenters. The van der Waals surface area contributed by atoms with E-state index in [-0.39, 0.29) is 17.6 Å². The normalized spacial score (nSPS) is 32.5. The lowest BCUT2D eigenvalue weighted by molar-refractivity contribution is -0.148. The number of nitrogens with zero attached hydrogens (tertiary/aromatic N) is 1. The second kappa shape index (κ2) is 5.05. The quantitative estimate of drug-likeness (QED) is 0.787. The van der Waals surface area contributed by atoms with E-state index in [0.717, 1.165) is 12.8 Å². The van der Waals surface area contributed by atoms with E-state index in [1.165, 1.54) is 16.7 Å². The summed E-state index contributed by atoms with van der Waals surface area (Å²) in [6.45, 7) is 5.47. The van der Waals surface area contributed by atoms with E-state index in [2.05, 4.69) is 32.1 Å². The zero-order valence-corrected chi connectivity index (χ0v) is 13.8. The minimum atomic E-state index is -0.709. The highest BCUT2D eigenvalue weighted by molar-refractivity contribution is 6.09. The molecule has 1 amide bonds. The maximum absolute atomic E-state index is 13.2. The molecule has 23 heavy (non-hydrogen) atoms. The van der Waals surface area contributed by atoms with Gasteiger partial charge in [0.25, 0.3) is 0 Å². The zero-order chi connectivity index (χ0) is 16.2. The number of Topliss-reactive ketones (excluding diaryl/α,β-unsaturated/α-hetero) is 1. The van der Waals surface area contributed by atoms with Crippen LogP contribution in [0.5, 0.6) is 0 Å². The molecule has 3 aliphatic rings. The number of hydrogen-bond donors (Lipinski definition) is 0. The molecule has 0 spiro atoms. The monoisotopic (exact) mass is 309 g/mol. The van der Waals surface area contributed by atoms with Gasteiger partial charge in [-0.2, -0.15) is 0 Å². The molecule has 1 aliphatic heterocycles. The highest BCUT2D eigenvalue weighted by Gasteiger charge is 2.62. The number of carbonyl (C=O) groups is 2. The summed E-state index contributed by atoms with van der Waals surface area (Å²) in [6.07, 6.45) is 4.55. The molecule has 0 radical (unpaired) electrons. The summed E-state index contributed by atoms with van der Waals surface area (Å²) in [5.74, 6) is 0.910. The summed E-state index contributed by atoms with van der Waals surface area (Å²) in [5.41, 5.74) is 2.95. The fourth-order valence-corrected chi connectivity index (χ4v) is 4.93. The maximum atomic E-state index is 13.2. The molecule has 0 aromatic heterocycles. The molecule has 4 rings (SSSR count). The van der Waals surface area contributed by atoms with E-state index in [4.69, 9.17) is 0 Å². The van der Waals surface area contributed by atoms with Gasteiger partial charge < -0.3 is 4.90 Å². The largest absolute Gasteiger partial charge is 0.334 e. The van der Waals surface area contributed by atoms with Gasteiger partial charge in [-0.25, -0.2) is 0 Å². The first-order valence-corrected chi connectivity index (χ1v) is 8.62. The predicted molar refractivity (Wildman–Crippen MR) is 89.7 cm³/mol. The van der Waals surface area contributed by atoms with Crippen LogP contribution < -0.4 is 0 Å². The average molecular weight is 309 g/mol. The van der Waals surface area contributed by atoms with E-state index in [1.807, 2.05) is 17.0 Å². The van der Waals surface area contributed by atoms with E-state index in [0.29, 0.717) is 25.4 Å². The van der Waals surface area contributed by atoms with Crippen molar-refractivity contribution in [3.8, 4) is 0 Å². The lowest BCUT2D eigenvalue weighted by Gasteiger charge is -2.32. The van der Waals surface area contributed by atoms with Crippen LogP contribution in [0.15, 0.2) is 30.3 Å². The van der Waals surface area contributed by atoms with Crippen LogP contribution in [0.25, 0.3) is 5.57 Å². The number of hydrogen-bond acceptors (Lipinski definition) is 2. The summed E-state index contributed by atoms with van der Waals surface area (Å²) in [4.78, 5) is 27.6. The SMILES string of the molecule is Cc1ccccc1C1=CCN(C(=O)C23CCC(CC2=O)C3C)C1. The van der Waals surface area contributed by atoms with Crippen molar-refractivity contribution in [1.82, 2.24) is 4.90 Å². The van der Waals surface area contributed by atoms with Crippen molar-refractivity contribution in [3.05, 3.63) is 41.5 Å². The van der Waals surface area contributed by atoms with Crippen molar-refractivity contribution in [2.75, 3.05) is 13.1 Å². The van der Waals surface area contributed by atoms with Gasteiger partial charge in [0.15, 0.2) is 0 Å². The van der Waals surface area contributed by atoms with Crippen LogP contribution in [0.1, 0.15) is 37.3 Å². The molecular weight excluding hydrogens is 286 g/mol. The fraction of sp³-hybridized carbons (Fsp3) is 0.500. The van der Waals surface area contributed by atoms with Crippen LogP contribution in [-0.2, 0) is 9.59 Å². The first-order chi connectivity index (χ1) is 11.0. The summed E-state index contributed by atoms with van der Waals surface area (Å²) in [6, 6.07) is 8.29. The van der Waals surface area contributed by atoms with Gasteiger partial charge in [0, 0.05) is 19.5 Å². The van der Waals surface area contributed by atoms with Crippen molar-refractivity contribution in [2.24, 2.45) is 17.3 Å². The Balaban J connectivity index is 1.57. The van der Waals surface area contributed by atoms with Crippen molar-refractivity contribution in [2.45, 2.75) is 33.1 Å². The molecule has 3 unspecified atom stereocenters. The molecule has 2 aliphatic carbocycles. The zero-order valence-electron chi connectivity index (χ0n) is 13.8. The molecule has 1 aromatic carbocycles. The Kier molecular flexibility index (Phi) is 3.22. The summed E-state index contributed by atoms with van der Waals surface area (Å²) in [5, 5.41) is 0. The molecule has 2 saturated carbocycles. The lowest BCUT2D eigenvalue weighted by atomic mass is 9.77. The summed E-state index contributed by atoms with van der Waals surface area (Å²) < 4.78 is 0. The van der Waals surface area contributed by atoms with Crippen LogP contribution in [0, 0.1) is 24.2 Å². The Morgan fingerprint density at radius 2 is 2.09 bits per heavy atom. The van der Waals surface area contributed by atoms with E-state index < -0.39 is 5.41 Å². The number of fused-ring (bicyclic) bond motifs is 2. The van der Waals surface area contributed by atoms with Crippen LogP contribution >= 0.6 is 0 Å². The number of carbonyl (C=O) groups excluding carboxylic acids is 2. The standard InChI is InChI=1S/C20H23NO2/c1-13-5-3-4-6-17(13)16-8-10-21(12-16)19(23)20-9-7-15(14(20)2)11-18(20)22/h3-6,8,14-15H,7,9-12H2,1-2H3. The van der Waals surface area contributed by atoms with Gasteiger partial charge in [0.05, 0.1) is 0 Å². The smallest absolute Gasteiger partial charge is 0.237 e. The molecule has 3 heteroatoms. The third-order valence-corrected chi connectivity index (χ3v) is 6.42. The van der Waals surface area contributed by atoms with Crippen LogP contribution in [0.2, 0.25) is 0 Å². The topological polar surface area (TPSA) is 37.4 Å². The summed E-state index contributed by atoms with van der Waals surface area (Å²) in [7, 11) is 0. The Hall–Kier alpha value is -1.90. The van der Waals surface area contributed by atoms with Crippen LogP contribution in [0.3, 0.4) is 0 Å². The van der Waals surface area contributed by atoms with E-state index >= 15 is 0 Å². The third-order valence-electron chi connectivity index (χ3n) is 6.42. The lowest BCUT2D eigenvalue weighted by Crippen LogP contribution is -2.47. The Bertz CT molecular complexity index is 720. The Labute approximate surface area is 137 Å². The fourth-order valence-electron chi connectivity index (χ4n) is 4.93. The van der Waals surface area contributed by atoms with Gasteiger partial charge in [0.1, 0.15) is 11.2 Å². The number of aryl methyl sites for hydroxylation is 1. The molecule has 0 saturated heterocycles. The molecule has 3 nitrogen and oxygen atoms in total. The minimum Gasteiger partial charge on any atom is -0.334 e. The Morgan fingerprint density at radius 1 is 1.30 bits per heavy atom. The number of benzene rings is 1. The molecule has 2 fully saturated rings.